The lowest BCUT2D eigenvalue weighted by atomic mass is 10.2. The van der Waals surface area contributed by atoms with Gasteiger partial charge in [0.05, 0.1) is 6.26 Å². The summed E-state index contributed by atoms with van der Waals surface area (Å²) in [4.78, 5) is 20.1. The number of carbonyl (C=O) groups excluding carboxylic acids is 1. The quantitative estimate of drug-likeness (QED) is 0.915. The van der Waals surface area contributed by atoms with Crippen molar-refractivity contribution >= 4 is 11.9 Å². The molecule has 8 nitrogen and oxygen atoms in total. The van der Waals surface area contributed by atoms with Gasteiger partial charge in [0.15, 0.2) is 5.76 Å². The van der Waals surface area contributed by atoms with E-state index in [1.807, 2.05) is 18.7 Å². The van der Waals surface area contributed by atoms with Crippen LogP contribution in [0.5, 0.6) is 0 Å². The average Bonchev–Trinajstić information content (AvgIpc) is 3.30. The highest BCUT2D eigenvalue weighted by molar-refractivity contribution is 5.74. The van der Waals surface area contributed by atoms with Gasteiger partial charge in [-0.1, -0.05) is 6.92 Å². The lowest BCUT2D eigenvalue weighted by Gasteiger charge is -2.35. The third-order valence-corrected chi connectivity index (χ3v) is 4.28. The molecular weight excluding hydrogens is 322 g/mol. The number of anilines is 1. The fourth-order valence-electron chi connectivity index (χ4n) is 2.62. The van der Waals surface area contributed by atoms with Gasteiger partial charge < -0.3 is 24.0 Å². The van der Waals surface area contributed by atoms with E-state index >= 15 is 0 Å². The van der Waals surface area contributed by atoms with Crippen molar-refractivity contribution in [3.05, 3.63) is 24.1 Å². The molecule has 0 spiro atoms. The number of aromatic nitrogens is 1. The van der Waals surface area contributed by atoms with Gasteiger partial charge in [0, 0.05) is 32.2 Å². The molecule has 2 aromatic heterocycles. The minimum Gasteiger partial charge on any atom is -0.459 e. The Bertz CT molecular complexity index is 754. The molecule has 132 valence electrons. The van der Waals surface area contributed by atoms with Crippen molar-refractivity contribution < 1.29 is 13.6 Å². The van der Waals surface area contributed by atoms with Crippen molar-refractivity contribution in [2.45, 2.75) is 26.3 Å². The molecule has 25 heavy (non-hydrogen) atoms. The summed E-state index contributed by atoms with van der Waals surface area (Å²) in [7, 11) is 0. The number of urea groups is 1. The van der Waals surface area contributed by atoms with Gasteiger partial charge in [-0.2, -0.15) is 10.2 Å². The lowest BCUT2D eigenvalue weighted by molar-refractivity contribution is 0.190. The Kier molecular flexibility index (Phi) is 4.93. The summed E-state index contributed by atoms with van der Waals surface area (Å²) in [6.07, 6.45) is 2.42. The Labute approximate surface area is 146 Å². The van der Waals surface area contributed by atoms with E-state index in [2.05, 4.69) is 16.4 Å². The Hall–Kier alpha value is -2.95. The van der Waals surface area contributed by atoms with Crippen LogP contribution in [0.1, 0.15) is 26.0 Å². The average molecular weight is 343 g/mol. The topological polar surface area (TPSA) is 98.5 Å². The van der Waals surface area contributed by atoms with Gasteiger partial charge in [-0.3, -0.25) is 0 Å². The summed E-state index contributed by atoms with van der Waals surface area (Å²) in [6.45, 7) is 6.30. The van der Waals surface area contributed by atoms with Crippen LogP contribution in [0.25, 0.3) is 11.7 Å². The summed E-state index contributed by atoms with van der Waals surface area (Å²) in [5, 5.41) is 12.3. The van der Waals surface area contributed by atoms with Crippen LogP contribution < -0.4 is 10.2 Å². The smallest absolute Gasteiger partial charge is 0.317 e. The number of hydrogen-bond acceptors (Lipinski definition) is 6. The lowest BCUT2D eigenvalue weighted by Crippen LogP contribution is -2.53. The van der Waals surface area contributed by atoms with Crippen molar-refractivity contribution in [3.63, 3.8) is 0 Å². The SMILES string of the molecule is CC[C@@H](C)NC(=O)N1CCN(c2oc(-c3ccco3)nc2C#N)CC1. The van der Waals surface area contributed by atoms with Gasteiger partial charge >= 0.3 is 6.03 Å². The van der Waals surface area contributed by atoms with Crippen LogP contribution in [0, 0.1) is 11.3 Å². The first-order valence-electron chi connectivity index (χ1n) is 8.37. The molecule has 3 rings (SSSR count). The number of nitriles is 1. The maximum absolute atomic E-state index is 12.2. The number of hydrogen-bond donors (Lipinski definition) is 1. The number of furan rings is 1. The second-order valence-electron chi connectivity index (χ2n) is 5.99. The molecule has 1 atom stereocenters. The van der Waals surface area contributed by atoms with Gasteiger partial charge in [0.2, 0.25) is 11.6 Å². The molecule has 0 radical (unpaired) electrons. The molecule has 8 heteroatoms. The maximum atomic E-state index is 12.2. The molecule has 1 aliphatic heterocycles. The van der Waals surface area contributed by atoms with Gasteiger partial charge in [-0.25, -0.2) is 4.79 Å². The van der Waals surface area contributed by atoms with Crippen molar-refractivity contribution in [2.75, 3.05) is 31.1 Å². The predicted molar refractivity (Wildman–Crippen MR) is 91.0 cm³/mol. The van der Waals surface area contributed by atoms with Crippen LogP contribution in [0.3, 0.4) is 0 Å². The predicted octanol–water partition coefficient (Wildman–Crippen LogP) is 2.44. The van der Waals surface area contributed by atoms with Crippen LogP contribution >= 0.6 is 0 Å². The van der Waals surface area contributed by atoms with E-state index in [1.54, 1.807) is 17.0 Å². The molecule has 2 amide bonds. The number of piperazine rings is 1. The highest BCUT2D eigenvalue weighted by atomic mass is 16.4. The van der Waals surface area contributed by atoms with Gasteiger partial charge in [0.1, 0.15) is 6.07 Å². The summed E-state index contributed by atoms with van der Waals surface area (Å²) in [6, 6.07) is 5.63. The van der Waals surface area contributed by atoms with E-state index in [0.717, 1.165) is 6.42 Å². The number of nitrogens with one attached hydrogen (secondary N) is 1. The van der Waals surface area contributed by atoms with Crippen LogP contribution in [-0.2, 0) is 0 Å². The Morgan fingerprint density at radius 3 is 2.80 bits per heavy atom. The van der Waals surface area contributed by atoms with E-state index < -0.39 is 0 Å². The van der Waals surface area contributed by atoms with Gasteiger partial charge in [0.25, 0.3) is 5.89 Å². The summed E-state index contributed by atoms with van der Waals surface area (Å²) < 4.78 is 11.0. The number of amides is 2. The summed E-state index contributed by atoms with van der Waals surface area (Å²) in [5.41, 5.74) is 0.226. The van der Waals surface area contributed by atoms with Crippen LogP contribution in [0.15, 0.2) is 27.2 Å². The Balaban J connectivity index is 1.67. The first-order valence-corrected chi connectivity index (χ1v) is 8.37. The first kappa shape index (κ1) is 16.9. The Morgan fingerprint density at radius 1 is 1.44 bits per heavy atom. The third kappa shape index (κ3) is 3.60. The van der Waals surface area contributed by atoms with Crippen LogP contribution in [-0.4, -0.2) is 48.1 Å². The Morgan fingerprint density at radius 2 is 2.20 bits per heavy atom. The number of nitrogens with zero attached hydrogens (tertiary/aromatic N) is 4. The molecule has 2 aromatic rings. The van der Waals surface area contributed by atoms with Crippen LogP contribution in [0.4, 0.5) is 10.7 Å². The van der Waals surface area contributed by atoms with E-state index in [4.69, 9.17) is 8.83 Å². The first-order chi connectivity index (χ1) is 12.1. The van der Waals surface area contributed by atoms with Crippen molar-refractivity contribution in [1.29, 1.82) is 5.26 Å². The second-order valence-corrected chi connectivity index (χ2v) is 5.99. The zero-order valence-corrected chi connectivity index (χ0v) is 14.4. The van der Waals surface area contributed by atoms with Crippen molar-refractivity contribution in [2.24, 2.45) is 0 Å². The minimum atomic E-state index is -0.0525. The number of oxazole rings is 1. The summed E-state index contributed by atoms with van der Waals surface area (Å²) >= 11 is 0. The van der Waals surface area contributed by atoms with Crippen LogP contribution in [0.2, 0.25) is 0 Å². The monoisotopic (exact) mass is 343 g/mol. The molecule has 0 aliphatic carbocycles. The minimum absolute atomic E-state index is 0.0525. The zero-order chi connectivity index (χ0) is 17.8. The normalized spacial score (nSPS) is 15.7. The highest BCUT2D eigenvalue weighted by Crippen LogP contribution is 2.29. The summed E-state index contributed by atoms with van der Waals surface area (Å²) in [5.74, 6) is 1.19. The largest absolute Gasteiger partial charge is 0.459 e. The molecule has 1 fully saturated rings. The van der Waals surface area contributed by atoms with Crippen molar-refractivity contribution in [1.82, 2.24) is 15.2 Å². The van der Waals surface area contributed by atoms with E-state index in [1.165, 1.54) is 6.26 Å². The molecule has 1 saturated heterocycles. The molecule has 0 unspecified atom stereocenters. The molecule has 0 saturated carbocycles. The fourth-order valence-corrected chi connectivity index (χ4v) is 2.62. The standard InChI is InChI=1S/C17H21N5O3/c1-3-12(2)19-17(23)22-8-6-21(7-9-22)16-13(11-18)20-15(25-16)14-5-4-10-24-14/h4-5,10,12H,3,6-9H2,1-2H3,(H,19,23)/t12-/m1/s1. The number of rotatable bonds is 4. The zero-order valence-electron chi connectivity index (χ0n) is 14.4. The van der Waals surface area contributed by atoms with E-state index in [-0.39, 0.29) is 23.7 Å². The molecule has 0 bridgehead atoms. The maximum Gasteiger partial charge on any atom is 0.317 e. The molecule has 1 N–H and O–H groups in total. The van der Waals surface area contributed by atoms with Gasteiger partial charge in [-0.05, 0) is 25.5 Å². The fraction of sp³-hybridized carbons (Fsp3) is 0.471. The van der Waals surface area contributed by atoms with E-state index in [9.17, 15) is 10.1 Å². The number of carbonyl (C=O) groups is 1. The second kappa shape index (κ2) is 7.30. The highest BCUT2D eigenvalue weighted by Gasteiger charge is 2.27. The molecule has 0 aromatic carbocycles. The van der Waals surface area contributed by atoms with E-state index in [0.29, 0.717) is 37.8 Å². The van der Waals surface area contributed by atoms with Crippen molar-refractivity contribution in [3.8, 4) is 17.7 Å². The molecule has 3 heterocycles. The third-order valence-electron chi connectivity index (χ3n) is 4.28. The molecular formula is C17H21N5O3. The van der Waals surface area contributed by atoms with Gasteiger partial charge in [-0.15, -0.1) is 0 Å². The molecule has 1 aliphatic rings.